The molecule has 0 spiro atoms. The summed E-state index contributed by atoms with van der Waals surface area (Å²) >= 11 is 12.2. The molecule has 0 aliphatic carbocycles. The van der Waals surface area contributed by atoms with Crippen LogP contribution in [0.5, 0.6) is 0 Å². The van der Waals surface area contributed by atoms with Gasteiger partial charge in [0.15, 0.2) is 0 Å². The van der Waals surface area contributed by atoms with Gasteiger partial charge in [0.2, 0.25) is 0 Å². The molecule has 0 amide bonds. The Bertz CT molecular complexity index is 487. The van der Waals surface area contributed by atoms with Gasteiger partial charge in [-0.2, -0.15) is 0 Å². The molecule has 2 unspecified atom stereocenters. The molecule has 104 valence electrons. The van der Waals surface area contributed by atoms with Crippen LogP contribution in [0.15, 0.2) is 12.1 Å². The first-order valence-corrected chi connectivity index (χ1v) is 6.72. The highest BCUT2D eigenvalue weighted by Crippen LogP contribution is 2.41. The van der Waals surface area contributed by atoms with Gasteiger partial charge in [-0.1, -0.05) is 30.1 Å². The average molecular weight is 305 g/mol. The van der Waals surface area contributed by atoms with Gasteiger partial charge >= 0.3 is 0 Å². The highest BCUT2D eigenvalue weighted by Gasteiger charge is 2.33. The Morgan fingerprint density at radius 2 is 2.05 bits per heavy atom. The van der Waals surface area contributed by atoms with E-state index in [1.54, 1.807) is 0 Å². The molecule has 19 heavy (non-hydrogen) atoms. The summed E-state index contributed by atoms with van der Waals surface area (Å²) in [5, 5.41) is 20.7. The number of anilines is 1. The monoisotopic (exact) mass is 304 g/mol. The van der Waals surface area contributed by atoms with Gasteiger partial charge in [-0.25, -0.2) is 0 Å². The van der Waals surface area contributed by atoms with Crippen LogP contribution in [-0.4, -0.2) is 29.2 Å². The predicted octanol–water partition coefficient (Wildman–Crippen LogP) is 3.11. The number of aliphatic hydroxyl groups excluding tert-OH is 1. The average Bonchev–Trinajstić information content (AvgIpc) is 2.69. The van der Waals surface area contributed by atoms with E-state index in [2.05, 4.69) is 0 Å². The maximum absolute atomic E-state index is 10.7. The van der Waals surface area contributed by atoms with E-state index in [9.17, 15) is 15.2 Å². The third kappa shape index (κ3) is 2.63. The molecular weight excluding hydrogens is 291 g/mol. The standard InChI is InChI=1S/C12H14Cl2N2O3/c1-7-2-3-15(11(7)6-17)12-9(13)4-8(16(18)19)5-10(12)14/h4-5,7,11,17H,2-3,6H2,1H3. The topological polar surface area (TPSA) is 66.6 Å². The highest BCUT2D eigenvalue weighted by molar-refractivity contribution is 6.39. The zero-order valence-electron chi connectivity index (χ0n) is 10.3. The fourth-order valence-electron chi connectivity index (χ4n) is 2.50. The zero-order valence-corrected chi connectivity index (χ0v) is 11.9. The second-order valence-corrected chi connectivity index (χ2v) is 5.54. The van der Waals surface area contributed by atoms with Crippen molar-refractivity contribution in [2.24, 2.45) is 5.92 Å². The molecule has 7 heteroatoms. The maximum atomic E-state index is 10.7. The molecule has 1 aliphatic heterocycles. The molecule has 1 heterocycles. The summed E-state index contributed by atoms with van der Waals surface area (Å²) in [6.07, 6.45) is 0.925. The Labute approximate surface area is 120 Å². The van der Waals surface area contributed by atoms with Crippen molar-refractivity contribution in [2.75, 3.05) is 18.1 Å². The number of nitro groups is 1. The predicted molar refractivity (Wildman–Crippen MR) is 75.1 cm³/mol. The van der Waals surface area contributed by atoms with Crippen molar-refractivity contribution in [3.63, 3.8) is 0 Å². The van der Waals surface area contributed by atoms with Crippen LogP contribution in [0.4, 0.5) is 11.4 Å². The Morgan fingerprint density at radius 3 is 2.53 bits per heavy atom. The van der Waals surface area contributed by atoms with Gasteiger partial charge in [-0.15, -0.1) is 0 Å². The van der Waals surface area contributed by atoms with Crippen molar-refractivity contribution in [2.45, 2.75) is 19.4 Å². The number of halogens is 2. The number of nitrogens with zero attached hydrogens (tertiary/aromatic N) is 2. The number of hydrogen-bond donors (Lipinski definition) is 1. The van der Waals surface area contributed by atoms with Crippen LogP contribution in [-0.2, 0) is 0 Å². The number of nitro benzene ring substituents is 1. The van der Waals surface area contributed by atoms with Crippen LogP contribution >= 0.6 is 23.2 Å². The van der Waals surface area contributed by atoms with Gasteiger partial charge < -0.3 is 10.0 Å². The SMILES string of the molecule is CC1CCN(c2c(Cl)cc([N+](=O)[O-])cc2Cl)C1CO. The quantitative estimate of drug-likeness (QED) is 0.688. The summed E-state index contributed by atoms with van der Waals surface area (Å²) in [6, 6.07) is 2.52. The smallest absolute Gasteiger partial charge is 0.272 e. The summed E-state index contributed by atoms with van der Waals surface area (Å²) in [7, 11) is 0. The van der Waals surface area contributed by atoms with Crippen molar-refractivity contribution in [1.82, 2.24) is 0 Å². The minimum absolute atomic E-state index is 0.00477. The molecule has 0 aromatic heterocycles. The summed E-state index contributed by atoms with van der Waals surface area (Å²) in [4.78, 5) is 12.1. The summed E-state index contributed by atoms with van der Waals surface area (Å²) in [5.74, 6) is 0.326. The minimum atomic E-state index is -0.530. The number of non-ortho nitro benzene ring substituents is 1. The van der Waals surface area contributed by atoms with Crippen LogP contribution in [0, 0.1) is 16.0 Å². The lowest BCUT2D eigenvalue weighted by molar-refractivity contribution is -0.384. The molecule has 1 aliphatic rings. The van der Waals surface area contributed by atoms with Crippen molar-refractivity contribution in [3.8, 4) is 0 Å². The van der Waals surface area contributed by atoms with Gasteiger partial charge in [0, 0.05) is 18.7 Å². The van der Waals surface area contributed by atoms with Crippen LogP contribution in [0.2, 0.25) is 10.0 Å². The van der Waals surface area contributed by atoms with E-state index in [1.807, 2.05) is 11.8 Å². The lowest BCUT2D eigenvalue weighted by Gasteiger charge is -2.28. The Kier molecular flexibility index (Phi) is 4.18. The second kappa shape index (κ2) is 5.53. The molecule has 0 radical (unpaired) electrons. The largest absolute Gasteiger partial charge is 0.394 e. The van der Waals surface area contributed by atoms with Crippen molar-refractivity contribution in [1.29, 1.82) is 0 Å². The molecule has 1 aromatic carbocycles. The van der Waals surface area contributed by atoms with Gasteiger partial charge in [-0.3, -0.25) is 10.1 Å². The van der Waals surface area contributed by atoms with Gasteiger partial charge in [0.25, 0.3) is 5.69 Å². The Hall–Kier alpha value is -1.04. The van der Waals surface area contributed by atoms with E-state index in [1.165, 1.54) is 12.1 Å². The van der Waals surface area contributed by atoms with Gasteiger partial charge in [0.1, 0.15) is 0 Å². The number of rotatable bonds is 3. The number of hydrogen-bond acceptors (Lipinski definition) is 4. The van der Waals surface area contributed by atoms with Gasteiger partial charge in [-0.05, 0) is 12.3 Å². The molecule has 0 bridgehead atoms. The first-order chi connectivity index (χ1) is 8.95. The fraction of sp³-hybridized carbons (Fsp3) is 0.500. The first-order valence-electron chi connectivity index (χ1n) is 5.96. The van der Waals surface area contributed by atoms with E-state index in [4.69, 9.17) is 23.2 Å². The molecule has 5 nitrogen and oxygen atoms in total. The molecule has 1 aromatic rings. The highest BCUT2D eigenvalue weighted by atomic mass is 35.5. The molecule has 2 atom stereocenters. The molecule has 0 saturated carbocycles. The number of benzene rings is 1. The van der Waals surface area contributed by atoms with Crippen LogP contribution in [0.25, 0.3) is 0 Å². The van der Waals surface area contributed by atoms with E-state index >= 15 is 0 Å². The molecular formula is C12H14Cl2N2O3. The van der Waals surface area contributed by atoms with E-state index in [0.29, 0.717) is 11.6 Å². The molecule has 1 saturated heterocycles. The first kappa shape index (κ1) is 14.4. The minimum Gasteiger partial charge on any atom is -0.394 e. The normalized spacial score (nSPS) is 22.8. The summed E-state index contributed by atoms with van der Waals surface area (Å²) < 4.78 is 0. The zero-order chi connectivity index (χ0) is 14.2. The lowest BCUT2D eigenvalue weighted by atomic mass is 10.0. The van der Waals surface area contributed by atoms with Crippen molar-refractivity contribution < 1.29 is 10.0 Å². The van der Waals surface area contributed by atoms with Crippen LogP contribution in [0.1, 0.15) is 13.3 Å². The molecule has 1 fully saturated rings. The van der Waals surface area contributed by atoms with E-state index in [-0.39, 0.29) is 28.4 Å². The van der Waals surface area contributed by atoms with Crippen LogP contribution in [0.3, 0.4) is 0 Å². The fourth-order valence-corrected chi connectivity index (χ4v) is 3.19. The number of aliphatic hydroxyl groups is 1. The van der Waals surface area contributed by atoms with Crippen molar-refractivity contribution in [3.05, 3.63) is 32.3 Å². The van der Waals surface area contributed by atoms with Gasteiger partial charge in [0.05, 0.1) is 33.3 Å². The van der Waals surface area contributed by atoms with Crippen LogP contribution < -0.4 is 4.90 Å². The summed E-state index contributed by atoms with van der Waals surface area (Å²) in [6.45, 7) is 2.78. The molecule has 2 rings (SSSR count). The van der Waals surface area contributed by atoms with E-state index in [0.717, 1.165) is 13.0 Å². The molecule has 1 N–H and O–H groups in total. The third-order valence-electron chi connectivity index (χ3n) is 3.57. The van der Waals surface area contributed by atoms with Crippen molar-refractivity contribution >= 4 is 34.6 Å². The summed E-state index contributed by atoms with van der Waals surface area (Å²) in [5.41, 5.74) is 0.434. The van der Waals surface area contributed by atoms with E-state index < -0.39 is 4.92 Å². The Balaban J connectivity index is 2.43. The Morgan fingerprint density at radius 1 is 1.47 bits per heavy atom. The maximum Gasteiger partial charge on any atom is 0.272 e. The lowest BCUT2D eigenvalue weighted by Crippen LogP contribution is -2.35. The third-order valence-corrected chi connectivity index (χ3v) is 4.15. The second-order valence-electron chi connectivity index (χ2n) is 4.72.